The number of rotatable bonds is 10. The van der Waals surface area contributed by atoms with Gasteiger partial charge in [0.1, 0.15) is 5.82 Å². The molecule has 0 saturated heterocycles. The van der Waals surface area contributed by atoms with Crippen LogP contribution in [0.1, 0.15) is 60.9 Å². The van der Waals surface area contributed by atoms with Crippen LogP contribution in [0.5, 0.6) is 0 Å². The number of nitrogens with zero attached hydrogens (tertiary/aromatic N) is 3. The minimum atomic E-state index is -1.04. The van der Waals surface area contributed by atoms with Gasteiger partial charge in [0.25, 0.3) is 5.91 Å². The summed E-state index contributed by atoms with van der Waals surface area (Å²) >= 11 is 0. The van der Waals surface area contributed by atoms with Gasteiger partial charge in [-0.25, -0.2) is 14.7 Å². The van der Waals surface area contributed by atoms with E-state index in [9.17, 15) is 19.2 Å². The largest absolute Gasteiger partial charge is 0.481 e. The highest BCUT2D eigenvalue weighted by molar-refractivity contribution is 6.04. The molecule has 1 heterocycles. The summed E-state index contributed by atoms with van der Waals surface area (Å²) in [6.45, 7) is 4.53. The molecule has 2 aromatic carbocycles. The molecule has 3 amide bonds. The van der Waals surface area contributed by atoms with Crippen LogP contribution in [0.15, 0.2) is 48.5 Å². The monoisotopic (exact) mass is 508 g/mol. The third-order valence-corrected chi connectivity index (χ3v) is 5.88. The highest BCUT2D eigenvalue weighted by Gasteiger charge is 2.25. The molecule has 10 heteroatoms. The third-order valence-electron chi connectivity index (χ3n) is 5.88. The maximum atomic E-state index is 12.8. The van der Waals surface area contributed by atoms with Crippen molar-refractivity contribution in [2.75, 3.05) is 14.2 Å². The Kier molecular flexibility index (Phi) is 9.00. The number of carbonyl (C=O) groups excluding carboxylic acids is 3. The second-order valence-electron chi connectivity index (χ2n) is 9.22. The Morgan fingerprint density at radius 2 is 1.78 bits per heavy atom. The molecule has 196 valence electrons. The molecule has 1 atom stereocenters. The Balaban J connectivity index is 2.08. The van der Waals surface area contributed by atoms with E-state index in [0.29, 0.717) is 24.3 Å². The number of hydrogen-bond acceptors (Lipinski definition) is 6. The van der Waals surface area contributed by atoms with Crippen LogP contribution in [-0.4, -0.2) is 57.6 Å². The normalized spacial score (nSPS) is 11.8. The molecule has 0 saturated carbocycles. The summed E-state index contributed by atoms with van der Waals surface area (Å²) in [7, 11) is 2.54. The number of benzene rings is 2. The number of nitrogens with one attached hydrogen (secondary N) is 1. The predicted molar refractivity (Wildman–Crippen MR) is 137 cm³/mol. The number of methoxy groups -OCH3 is 1. The minimum absolute atomic E-state index is 0.138. The summed E-state index contributed by atoms with van der Waals surface area (Å²) in [5.41, 5.74) is 2.57. The van der Waals surface area contributed by atoms with Crippen molar-refractivity contribution in [1.82, 2.24) is 19.8 Å². The van der Waals surface area contributed by atoms with Crippen LogP contribution >= 0.6 is 0 Å². The average Bonchev–Trinajstić information content (AvgIpc) is 3.23. The molecule has 2 N–H and O–H groups in total. The van der Waals surface area contributed by atoms with Gasteiger partial charge in [-0.2, -0.15) is 0 Å². The van der Waals surface area contributed by atoms with Crippen molar-refractivity contribution in [3.63, 3.8) is 0 Å². The Bertz CT molecular complexity index is 1280. The predicted octanol–water partition coefficient (Wildman–Crippen LogP) is 3.99. The van der Waals surface area contributed by atoms with Gasteiger partial charge in [-0.05, 0) is 36.1 Å². The van der Waals surface area contributed by atoms with Crippen LogP contribution in [0.4, 0.5) is 4.79 Å². The Hall–Kier alpha value is -4.21. The molecule has 37 heavy (non-hydrogen) atoms. The average molecular weight is 509 g/mol. The number of imide groups is 1. The summed E-state index contributed by atoms with van der Waals surface area (Å²) in [6, 6.07) is 14.3. The molecule has 0 bridgehead atoms. The number of carboxylic acids is 1. The SMILES string of the molecule is COC(=O)N(C)C(=O)c1ccc2c(c1)nc(C(CC(C)C)NC(=O)CCC(=O)O)n2Cc1ccccc1. The molecule has 0 aliphatic rings. The maximum Gasteiger partial charge on any atom is 0.416 e. The first-order chi connectivity index (χ1) is 17.6. The number of ether oxygens (including phenoxy) is 1. The molecule has 0 radical (unpaired) electrons. The molecule has 0 spiro atoms. The van der Waals surface area contributed by atoms with Crippen molar-refractivity contribution in [2.45, 2.75) is 45.7 Å². The van der Waals surface area contributed by atoms with E-state index in [0.717, 1.165) is 16.0 Å². The van der Waals surface area contributed by atoms with Gasteiger partial charge in [0.15, 0.2) is 0 Å². The van der Waals surface area contributed by atoms with E-state index in [1.807, 2.05) is 48.7 Å². The summed E-state index contributed by atoms with van der Waals surface area (Å²) in [6.07, 6.45) is -0.601. The van der Waals surface area contributed by atoms with Crippen molar-refractivity contribution >= 4 is 34.9 Å². The van der Waals surface area contributed by atoms with E-state index in [2.05, 4.69) is 10.1 Å². The van der Waals surface area contributed by atoms with Crippen molar-refractivity contribution in [3.05, 3.63) is 65.5 Å². The van der Waals surface area contributed by atoms with Gasteiger partial charge in [-0.15, -0.1) is 0 Å². The van der Waals surface area contributed by atoms with Gasteiger partial charge in [-0.1, -0.05) is 44.2 Å². The molecule has 0 aliphatic carbocycles. The second-order valence-corrected chi connectivity index (χ2v) is 9.22. The number of aliphatic carboxylic acids is 1. The Labute approximate surface area is 215 Å². The zero-order valence-corrected chi connectivity index (χ0v) is 21.4. The van der Waals surface area contributed by atoms with Crippen molar-refractivity contribution in [2.24, 2.45) is 5.92 Å². The van der Waals surface area contributed by atoms with Crippen LogP contribution in [0.25, 0.3) is 11.0 Å². The molecule has 3 rings (SSSR count). The summed E-state index contributed by atoms with van der Waals surface area (Å²) in [5.74, 6) is -1.14. The number of carbonyl (C=O) groups is 4. The zero-order valence-electron chi connectivity index (χ0n) is 21.4. The fourth-order valence-corrected chi connectivity index (χ4v) is 4.08. The van der Waals surface area contributed by atoms with Crippen molar-refractivity contribution in [1.29, 1.82) is 0 Å². The van der Waals surface area contributed by atoms with E-state index in [4.69, 9.17) is 10.1 Å². The number of carboxylic acid groups (broad SMARTS) is 1. The molecule has 1 unspecified atom stereocenters. The van der Waals surface area contributed by atoms with Crippen LogP contribution < -0.4 is 5.32 Å². The molecule has 3 aromatic rings. The standard InChI is InChI=1S/C27H32N4O6/c1-17(2)14-21(28-23(32)12-13-24(33)34)25-29-20-15-19(26(35)30(3)27(36)37-4)10-11-22(20)31(25)16-18-8-6-5-7-9-18/h5-11,15,17,21H,12-14,16H2,1-4H3,(H,28,32)(H,33,34). The lowest BCUT2D eigenvalue weighted by Crippen LogP contribution is -2.32. The number of amides is 3. The van der Waals surface area contributed by atoms with Crippen LogP contribution in [0.3, 0.4) is 0 Å². The lowest BCUT2D eigenvalue weighted by Gasteiger charge is -2.22. The van der Waals surface area contributed by atoms with Gasteiger partial charge in [0.2, 0.25) is 5.91 Å². The molecular formula is C27H32N4O6. The van der Waals surface area contributed by atoms with Crippen LogP contribution in [-0.2, 0) is 20.9 Å². The van der Waals surface area contributed by atoms with Crippen LogP contribution in [0.2, 0.25) is 0 Å². The number of aromatic nitrogens is 2. The van der Waals surface area contributed by atoms with Crippen molar-refractivity contribution in [3.8, 4) is 0 Å². The summed E-state index contributed by atoms with van der Waals surface area (Å²) in [4.78, 5) is 53.9. The zero-order chi connectivity index (χ0) is 27.1. The van der Waals surface area contributed by atoms with E-state index in [-0.39, 0.29) is 30.2 Å². The lowest BCUT2D eigenvalue weighted by molar-refractivity contribution is -0.139. The summed E-state index contributed by atoms with van der Waals surface area (Å²) in [5, 5.41) is 11.9. The highest BCUT2D eigenvalue weighted by Crippen LogP contribution is 2.28. The lowest BCUT2D eigenvalue weighted by atomic mass is 10.0. The van der Waals surface area contributed by atoms with E-state index in [1.54, 1.807) is 18.2 Å². The van der Waals surface area contributed by atoms with E-state index in [1.165, 1.54) is 14.2 Å². The summed E-state index contributed by atoms with van der Waals surface area (Å²) < 4.78 is 6.63. The number of imidazole rings is 1. The molecule has 10 nitrogen and oxygen atoms in total. The smallest absolute Gasteiger partial charge is 0.416 e. The molecular weight excluding hydrogens is 476 g/mol. The molecule has 0 aliphatic heterocycles. The van der Waals surface area contributed by atoms with Gasteiger partial charge in [0.05, 0.1) is 30.6 Å². The fourth-order valence-electron chi connectivity index (χ4n) is 4.08. The van der Waals surface area contributed by atoms with Crippen molar-refractivity contribution < 1.29 is 29.0 Å². The van der Waals surface area contributed by atoms with E-state index < -0.39 is 24.0 Å². The van der Waals surface area contributed by atoms with Gasteiger partial charge < -0.3 is 19.7 Å². The fraction of sp³-hybridized carbons (Fsp3) is 0.370. The van der Waals surface area contributed by atoms with Gasteiger partial charge >= 0.3 is 12.1 Å². The first kappa shape index (κ1) is 27.4. The quantitative estimate of drug-likeness (QED) is 0.423. The highest BCUT2D eigenvalue weighted by atomic mass is 16.5. The topological polar surface area (TPSA) is 131 Å². The first-order valence-electron chi connectivity index (χ1n) is 12.0. The van der Waals surface area contributed by atoms with Crippen LogP contribution in [0, 0.1) is 5.92 Å². The van der Waals surface area contributed by atoms with E-state index >= 15 is 0 Å². The second kappa shape index (κ2) is 12.2. The third kappa shape index (κ3) is 6.93. The van der Waals surface area contributed by atoms with Gasteiger partial charge in [-0.3, -0.25) is 14.4 Å². The number of fused-ring (bicyclic) bond motifs is 1. The Morgan fingerprint density at radius 1 is 1.08 bits per heavy atom. The molecule has 0 fully saturated rings. The first-order valence-corrected chi connectivity index (χ1v) is 12.0. The minimum Gasteiger partial charge on any atom is -0.481 e. The van der Waals surface area contributed by atoms with Gasteiger partial charge in [0, 0.05) is 25.6 Å². The molecule has 1 aromatic heterocycles. The maximum absolute atomic E-state index is 12.8. The number of hydrogen-bond donors (Lipinski definition) is 2. The Morgan fingerprint density at radius 3 is 2.41 bits per heavy atom.